The number of anilines is 1. The van der Waals surface area contributed by atoms with E-state index < -0.39 is 6.10 Å². The summed E-state index contributed by atoms with van der Waals surface area (Å²) in [6.07, 6.45) is -0.627. The Hall–Kier alpha value is -1.43. The maximum absolute atomic E-state index is 13.3. The SMILES string of the molecule is Cc1c(F)cccc1NCC(O)COCc1cccs1. The van der Waals surface area contributed by atoms with Gasteiger partial charge in [-0.1, -0.05) is 12.1 Å². The first kappa shape index (κ1) is 15.0. The average Bonchev–Trinajstić information content (AvgIpc) is 2.94. The number of benzene rings is 1. The second kappa shape index (κ2) is 7.38. The maximum Gasteiger partial charge on any atom is 0.128 e. The number of aliphatic hydroxyl groups excluding tert-OH is 1. The summed E-state index contributed by atoms with van der Waals surface area (Å²) >= 11 is 1.62. The highest BCUT2D eigenvalue weighted by molar-refractivity contribution is 7.09. The fraction of sp³-hybridized carbons (Fsp3) is 0.333. The minimum atomic E-state index is -0.627. The molecule has 0 bridgehead atoms. The second-order valence-corrected chi connectivity index (χ2v) is 5.57. The van der Waals surface area contributed by atoms with Crippen LogP contribution in [0, 0.1) is 12.7 Å². The highest BCUT2D eigenvalue weighted by Crippen LogP contribution is 2.17. The van der Waals surface area contributed by atoms with E-state index >= 15 is 0 Å². The second-order valence-electron chi connectivity index (χ2n) is 4.54. The van der Waals surface area contributed by atoms with E-state index in [4.69, 9.17) is 4.74 Å². The molecule has 1 heterocycles. The van der Waals surface area contributed by atoms with Crippen molar-refractivity contribution in [2.45, 2.75) is 19.6 Å². The fourth-order valence-electron chi connectivity index (χ4n) is 1.78. The van der Waals surface area contributed by atoms with Crippen LogP contribution in [0.4, 0.5) is 10.1 Å². The van der Waals surface area contributed by atoms with Gasteiger partial charge in [0.1, 0.15) is 5.82 Å². The minimum absolute atomic E-state index is 0.249. The molecule has 2 aromatic rings. The Labute approximate surface area is 122 Å². The minimum Gasteiger partial charge on any atom is -0.389 e. The van der Waals surface area contributed by atoms with Crippen molar-refractivity contribution in [3.63, 3.8) is 0 Å². The van der Waals surface area contributed by atoms with Gasteiger partial charge in [0.2, 0.25) is 0 Å². The lowest BCUT2D eigenvalue weighted by atomic mass is 10.2. The number of hydrogen-bond acceptors (Lipinski definition) is 4. The van der Waals surface area contributed by atoms with Crippen LogP contribution >= 0.6 is 11.3 Å². The molecule has 1 unspecified atom stereocenters. The average molecular weight is 295 g/mol. The summed E-state index contributed by atoms with van der Waals surface area (Å²) in [6.45, 7) is 2.79. The molecule has 0 aliphatic rings. The Morgan fingerprint density at radius 1 is 1.35 bits per heavy atom. The summed E-state index contributed by atoms with van der Waals surface area (Å²) < 4.78 is 18.8. The molecule has 0 spiro atoms. The van der Waals surface area contributed by atoms with Gasteiger partial charge >= 0.3 is 0 Å². The van der Waals surface area contributed by atoms with Gasteiger partial charge in [-0.15, -0.1) is 11.3 Å². The van der Waals surface area contributed by atoms with Crippen LogP contribution in [0.15, 0.2) is 35.7 Å². The smallest absolute Gasteiger partial charge is 0.128 e. The van der Waals surface area contributed by atoms with Gasteiger partial charge in [0.05, 0.1) is 19.3 Å². The third-order valence-corrected chi connectivity index (χ3v) is 3.78. The molecule has 20 heavy (non-hydrogen) atoms. The molecule has 5 heteroatoms. The first-order chi connectivity index (χ1) is 9.66. The topological polar surface area (TPSA) is 41.5 Å². The molecule has 0 amide bonds. The van der Waals surface area contributed by atoms with Crippen molar-refractivity contribution in [1.82, 2.24) is 0 Å². The van der Waals surface area contributed by atoms with E-state index in [1.165, 1.54) is 6.07 Å². The van der Waals surface area contributed by atoms with Crippen molar-refractivity contribution < 1.29 is 14.2 Å². The van der Waals surface area contributed by atoms with E-state index in [9.17, 15) is 9.50 Å². The van der Waals surface area contributed by atoms with Crippen LogP contribution in [0.1, 0.15) is 10.4 Å². The Morgan fingerprint density at radius 2 is 2.20 bits per heavy atom. The van der Waals surface area contributed by atoms with Gasteiger partial charge in [0.15, 0.2) is 0 Å². The molecule has 1 aromatic heterocycles. The molecule has 2 rings (SSSR count). The summed E-state index contributed by atoms with van der Waals surface area (Å²) in [7, 11) is 0. The Bertz CT molecular complexity index is 531. The summed E-state index contributed by atoms with van der Waals surface area (Å²) in [5.74, 6) is -0.251. The fourth-order valence-corrected chi connectivity index (χ4v) is 2.42. The summed E-state index contributed by atoms with van der Waals surface area (Å²) in [6, 6.07) is 8.81. The van der Waals surface area contributed by atoms with Crippen molar-refractivity contribution in [2.75, 3.05) is 18.5 Å². The van der Waals surface area contributed by atoms with Crippen molar-refractivity contribution in [3.05, 3.63) is 52.0 Å². The molecule has 1 atom stereocenters. The largest absolute Gasteiger partial charge is 0.389 e. The van der Waals surface area contributed by atoms with E-state index in [-0.39, 0.29) is 12.4 Å². The molecule has 1 aromatic carbocycles. The molecule has 0 aliphatic heterocycles. The zero-order chi connectivity index (χ0) is 14.4. The molecule has 108 valence electrons. The Morgan fingerprint density at radius 3 is 2.95 bits per heavy atom. The van der Waals surface area contributed by atoms with Crippen LogP contribution in [0.2, 0.25) is 0 Å². The highest BCUT2D eigenvalue weighted by atomic mass is 32.1. The van der Waals surface area contributed by atoms with E-state index in [1.807, 2.05) is 17.5 Å². The van der Waals surface area contributed by atoms with Gasteiger partial charge in [-0.3, -0.25) is 0 Å². The maximum atomic E-state index is 13.3. The van der Waals surface area contributed by atoms with Gasteiger partial charge in [0, 0.05) is 22.7 Å². The first-order valence-corrected chi connectivity index (χ1v) is 7.32. The zero-order valence-electron chi connectivity index (χ0n) is 11.3. The van der Waals surface area contributed by atoms with Crippen molar-refractivity contribution >= 4 is 17.0 Å². The Kier molecular flexibility index (Phi) is 5.52. The van der Waals surface area contributed by atoms with Crippen molar-refractivity contribution in [2.24, 2.45) is 0 Å². The number of halogens is 1. The predicted molar refractivity (Wildman–Crippen MR) is 79.6 cm³/mol. The van der Waals surface area contributed by atoms with Crippen LogP contribution in [0.25, 0.3) is 0 Å². The number of thiophene rings is 1. The van der Waals surface area contributed by atoms with E-state index in [0.29, 0.717) is 24.4 Å². The Balaban J connectivity index is 1.72. The van der Waals surface area contributed by atoms with Crippen LogP contribution in [-0.2, 0) is 11.3 Å². The molecular weight excluding hydrogens is 277 g/mol. The lowest BCUT2D eigenvalue weighted by molar-refractivity contribution is 0.0359. The van der Waals surface area contributed by atoms with Crippen LogP contribution in [-0.4, -0.2) is 24.4 Å². The number of aliphatic hydroxyl groups is 1. The van der Waals surface area contributed by atoms with E-state index in [0.717, 1.165) is 4.88 Å². The van der Waals surface area contributed by atoms with Gasteiger partial charge in [0.25, 0.3) is 0 Å². The van der Waals surface area contributed by atoms with Gasteiger partial charge < -0.3 is 15.2 Å². The molecule has 0 saturated heterocycles. The monoisotopic (exact) mass is 295 g/mol. The first-order valence-electron chi connectivity index (χ1n) is 6.44. The van der Waals surface area contributed by atoms with Gasteiger partial charge in [-0.25, -0.2) is 4.39 Å². The predicted octanol–water partition coefficient (Wildman–Crippen LogP) is 3.19. The molecule has 0 aliphatic carbocycles. The quantitative estimate of drug-likeness (QED) is 0.824. The third-order valence-electron chi connectivity index (χ3n) is 2.93. The summed E-state index contributed by atoms with van der Waals surface area (Å²) in [4.78, 5) is 1.13. The third kappa shape index (κ3) is 4.30. The zero-order valence-corrected chi connectivity index (χ0v) is 12.1. The number of hydrogen-bond donors (Lipinski definition) is 2. The van der Waals surface area contributed by atoms with Crippen molar-refractivity contribution in [1.29, 1.82) is 0 Å². The van der Waals surface area contributed by atoms with Crippen LogP contribution < -0.4 is 5.32 Å². The van der Waals surface area contributed by atoms with E-state index in [1.54, 1.807) is 30.4 Å². The number of nitrogens with one attached hydrogen (secondary N) is 1. The van der Waals surface area contributed by atoms with E-state index in [2.05, 4.69) is 5.32 Å². The summed E-state index contributed by atoms with van der Waals surface area (Å²) in [5, 5.41) is 14.8. The lowest BCUT2D eigenvalue weighted by Gasteiger charge is -2.14. The number of rotatable bonds is 7. The number of ether oxygens (including phenoxy) is 1. The standard InChI is InChI=1S/C15H18FNO2S/c1-11-14(16)5-2-6-15(11)17-8-12(18)9-19-10-13-4-3-7-20-13/h2-7,12,17-18H,8-10H2,1H3. The summed E-state index contributed by atoms with van der Waals surface area (Å²) in [5.41, 5.74) is 1.25. The molecule has 0 saturated carbocycles. The molecule has 3 nitrogen and oxygen atoms in total. The van der Waals surface area contributed by atoms with Crippen LogP contribution in [0.3, 0.4) is 0 Å². The molecular formula is C15H18FNO2S. The molecule has 2 N–H and O–H groups in total. The highest BCUT2D eigenvalue weighted by Gasteiger charge is 2.07. The molecule has 0 fully saturated rings. The lowest BCUT2D eigenvalue weighted by Crippen LogP contribution is -2.25. The van der Waals surface area contributed by atoms with Crippen LogP contribution in [0.5, 0.6) is 0 Å². The van der Waals surface area contributed by atoms with Gasteiger partial charge in [-0.05, 0) is 30.5 Å². The van der Waals surface area contributed by atoms with Crippen molar-refractivity contribution in [3.8, 4) is 0 Å². The van der Waals surface area contributed by atoms with Gasteiger partial charge in [-0.2, -0.15) is 0 Å². The normalized spacial score (nSPS) is 12.3. The molecule has 0 radical (unpaired) electrons.